The van der Waals surface area contributed by atoms with Crippen molar-refractivity contribution in [3.8, 4) is 0 Å². The number of rotatable bonds is 0. The van der Waals surface area contributed by atoms with Gasteiger partial charge in [-0.25, -0.2) is 4.98 Å². The molecule has 0 aliphatic heterocycles. The van der Waals surface area contributed by atoms with Gasteiger partial charge in [0, 0.05) is 17.2 Å². The standard InChI is InChI=1S/C13H9N.CH3Cl/c1-3-7-12-10(5-1)9-11-6-2-4-8-13(11)14-12;1-2/h1-9H;1H3. The molecule has 0 unspecified atom stereocenters. The Morgan fingerprint density at radius 1 is 0.750 bits per heavy atom. The summed E-state index contributed by atoms with van der Waals surface area (Å²) in [5.74, 6) is 0. The van der Waals surface area contributed by atoms with Gasteiger partial charge in [0.2, 0.25) is 0 Å². The summed E-state index contributed by atoms with van der Waals surface area (Å²) in [5.41, 5.74) is 2.12. The van der Waals surface area contributed by atoms with Crippen LogP contribution in [-0.4, -0.2) is 11.4 Å². The Balaban J connectivity index is 0.000000457. The number of aromatic nitrogens is 1. The third-order valence-electron chi connectivity index (χ3n) is 2.43. The van der Waals surface area contributed by atoms with E-state index in [1.54, 1.807) is 0 Å². The molecule has 2 heteroatoms. The van der Waals surface area contributed by atoms with Crippen LogP contribution in [0.15, 0.2) is 54.6 Å². The van der Waals surface area contributed by atoms with Gasteiger partial charge in [0.25, 0.3) is 0 Å². The molecular weight excluding hydrogens is 218 g/mol. The van der Waals surface area contributed by atoms with E-state index in [0.29, 0.717) is 0 Å². The van der Waals surface area contributed by atoms with Crippen molar-refractivity contribution in [1.82, 2.24) is 4.98 Å². The van der Waals surface area contributed by atoms with Gasteiger partial charge in [0.1, 0.15) is 0 Å². The molecule has 0 atom stereocenters. The molecule has 0 saturated heterocycles. The number of fused-ring (bicyclic) bond motifs is 2. The molecule has 0 saturated carbocycles. The molecule has 1 heterocycles. The van der Waals surface area contributed by atoms with E-state index in [1.807, 2.05) is 36.4 Å². The van der Waals surface area contributed by atoms with E-state index in [1.165, 1.54) is 17.2 Å². The van der Waals surface area contributed by atoms with Crippen molar-refractivity contribution in [2.24, 2.45) is 0 Å². The average molecular weight is 230 g/mol. The Kier molecular flexibility index (Phi) is 3.37. The van der Waals surface area contributed by atoms with E-state index in [-0.39, 0.29) is 0 Å². The molecule has 0 aliphatic carbocycles. The van der Waals surface area contributed by atoms with Gasteiger partial charge in [0.05, 0.1) is 11.0 Å². The molecule has 0 spiro atoms. The highest BCUT2D eigenvalue weighted by Crippen LogP contribution is 2.18. The predicted octanol–water partition coefficient (Wildman–Crippen LogP) is 4.24. The number of para-hydroxylation sites is 2. The Labute approximate surface area is 99.7 Å². The highest BCUT2D eigenvalue weighted by atomic mass is 35.5. The zero-order valence-corrected chi connectivity index (χ0v) is 9.78. The second kappa shape index (κ2) is 4.95. The number of nitrogens with zero attached hydrogens (tertiary/aromatic N) is 1. The Morgan fingerprint density at radius 2 is 1.19 bits per heavy atom. The van der Waals surface area contributed by atoms with Gasteiger partial charge in [-0.05, 0) is 18.2 Å². The van der Waals surface area contributed by atoms with Crippen molar-refractivity contribution >= 4 is 33.4 Å². The summed E-state index contributed by atoms with van der Waals surface area (Å²) in [6.07, 6.45) is 1.47. The van der Waals surface area contributed by atoms with Crippen LogP contribution in [0.25, 0.3) is 21.8 Å². The molecule has 0 aliphatic rings. The lowest BCUT2D eigenvalue weighted by Crippen LogP contribution is -1.80. The third kappa shape index (κ3) is 2.00. The van der Waals surface area contributed by atoms with E-state index in [4.69, 9.17) is 0 Å². The largest absolute Gasteiger partial charge is 0.248 e. The number of hydrogen-bond acceptors (Lipinski definition) is 1. The third-order valence-corrected chi connectivity index (χ3v) is 2.43. The van der Waals surface area contributed by atoms with Gasteiger partial charge in [0.15, 0.2) is 0 Å². The van der Waals surface area contributed by atoms with Gasteiger partial charge in [-0.15, -0.1) is 11.6 Å². The van der Waals surface area contributed by atoms with Crippen molar-refractivity contribution in [3.63, 3.8) is 0 Å². The van der Waals surface area contributed by atoms with Gasteiger partial charge in [-0.2, -0.15) is 0 Å². The second-order valence-corrected chi connectivity index (χ2v) is 3.37. The van der Waals surface area contributed by atoms with Gasteiger partial charge < -0.3 is 0 Å². The summed E-state index contributed by atoms with van der Waals surface area (Å²) in [5, 5.41) is 2.40. The molecule has 0 bridgehead atoms. The SMILES string of the molecule is CCl.c1ccc2nc3ccccc3cc2c1. The molecule has 0 radical (unpaired) electrons. The first kappa shape index (κ1) is 10.9. The fraction of sp³-hybridized carbons (Fsp3) is 0.0714. The molecule has 0 amide bonds. The lowest BCUT2D eigenvalue weighted by atomic mass is 10.1. The minimum absolute atomic E-state index is 1.06. The Morgan fingerprint density at radius 3 is 1.69 bits per heavy atom. The van der Waals surface area contributed by atoms with Gasteiger partial charge in [-0.3, -0.25) is 0 Å². The van der Waals surface area contributed by atoms with E-state index < -0.39 is 0 Å². The normalized spacial score (nSPS) is 9.88. The molecule has 0 fully saturated rings. The summed E-state index contributed by atoms with van der Waals surface area (Å²) < 4.78 is 0. The number of hydrogen-bond donors (Lipinski definition) is 0. The van der Waals surface area contributed by atoms with Crippen molar-refractivity contribution in [3.05, 3.63) is 54.6 Å². The van der Waals surface area contributed by atoms with Crippen LogP contribution in [-0.2, 0) is 0 Å². The number of alkyl halides is 1. The molecule has 3 rings (SSSR count). The maximum absolute atomic E-state index is 4.64. The van der Waals surface area contributed by atoms with Crippen LogP contribution in [0, 0.1) is 0 Å². The van der Waals surface area contributed by atoms with Crippen molar-refractivity contribution < 1.29 is 0 Å². The first-order valence-electron chi connectivity index (χ1n) is 5.06. The van der Waals surface area contributed by atoms with Crippen molar-refractivity contribution in [2.45, 2.75) is 0 Å². The highest BCUT2D eigenvalue weighted by Gasteiger charge is 1.96. The monoisotopic (exact) mass is 229 g/mol. The van der Waals surface area contributed by atoms with Crippen LogP contribution >= 0.6 is 11.6 Å². The Hall–Kier alpha value is -1.60. The summed E-state index contributed by atoms with van der Waals surface area (Å²) in [6, 6.07) is 18.6. The topological polar surface area (TPSA) is 12.9 Å². The van der Waals surface area contributed by atoms with Crippen LogP contribution in [0.3, 0.4) is 0 Å². The molecular formula is C14H12ClN. The van der Waals surface area contributed by atoms with E-state index in [0.717, 1.165) is 11.0 Å². The van der Waals surface area contributed by atoms with E-state index in [2.05, 4.69) is 34.8 Å². The number of benzene rings is 2. The summed E-state index contributed by atoms with van der Waals surface area (Å²) in [6.45, 7) is 0. The molecule has 3 aromatic rings. The number of halogens is 1. The maximum Gasteiger partial charge on any atom is 0.0709 e. The minimum Gasteiger partial charge on any atom is -0.248 e. The van der Waals surface area contributed by atoms with Crippen molar-refractivity contribution in [2.75, 3.05) is 6.38 Å². The van der Waals surface area contributed by atoms with Gasteiger partial charge in [-0.1, -0.05) is 36.4 Å². The molecule has 16 heavy (non-hydrogen) atoms. The fourth-order valence-corrected chi connectivity index (χ4v) is 1.72. The molecule has 2 aromatic carbocycles. The van der Waals surface area contributed by atoms with E-state index in [9.17, 15) is 0 Å². The van der Waals surface area contributed by atoms with Crippen LogP contribution in [0.5, 0.6) is 0 Å². The highest BCUT2D eigenvalue weighted by molar-refractivity contribution is 6.15. The molecule has 1 nitrogen and oxygen atoms in total. The first-order valence-corrected chi connectivity index (χ1v) is 5.81. The smallest absolute Gasteiger partial charge is 0.0709 e. The lowest BCUT2D eigenvalue weighted by Gasteiger charge is -1.99. The van der Waals surface area contributed by atoms with Crippen LogP contribution < -0.4 is 0 Å². The minimum atomic E-state index is 1.06. The van der Waals surface area contributed by atoms with Gasteiger partial charge >= 0.3 is 0 Å². The first-order chi connectivity index (χ1) is 7.93. The number of pyridine rings is 1. The zero-order chi connectivity index (χ0) is 11.4. The van der Waals surface area contributed by atoms with Crippen LogP contribution in [0.2, 0.25) is 0 Å². The molecule has 0 N–H and O–H groups in total. The van der Waals surface area contributed by atoms with E-state index >= 15 is 0 Å². The van der Waals surface area contributed by atoms with Crippen LogP contribution in [0.4, 0.5) is 0 Å². The molecule has 80 valence electrons. The van der Waals surface area contributed by atoms with Crippen molar-refractivity contribution in [1.29, 1.82) is 0 Å². The quantitative estimate of drug-likeness (QED) is 0.415. The summed E-state index contributed by atoms with van der Waals surface area (Å²) in [7, 11) is 0. The predicted molar refractivity (Wildman–Crippen MR) is 71.0 cm³/mol. The average Bonchev–Trinajstić information content (AvgIpc) is 2.38. The zero-order valence-electron chi connectivity index (χ0n) is 9.02. The van der Waals surface area contributed by atoms with Crippen LogP contribution in [0.1, 0.15) is 0 Å². The Bertz CT molecular complexity index is 499. The fourth-order valence-electron chi connectivity index (χ4n) is 1.72. The summed E-state index contributed by atoms with van der Waals surface area (Å²) >= 11 is 4.64. The molecule has 1 aromatic heterocycles. The summed E-state index contributed by atoms with van der Waals surface area (Å²) in [4.78, 5) is 4.58. The second-order valence-electron chi connectivity index (χ2n) is 3.37. The lowest BCUT2D eigenvalue weighted by molar-refractivity contribution is 1.50. The maximum atomic E-state index is 4.64.